The molecule has 32 heavy (non-hydrogen) atoms. The zero-order valence-electron chi connectivity index (χ0n) is 19.3. The average Bonchev–Trinajstić information content (AvgIpc) is 3.12. The first-order valence-corrected chi connectivity index (χ1v) is 11.0. The van der Waals surface area contributed by atoms with Crippen LogP contribution in [0.25, 0.3) is 10.9 Å². The van der Waals surface area contributed by atoms with Crippen LogP contribution in [0.1, 0.15) is 53.5 Å². The lowest BCUT2D eigenvalue weighted by atomic mass is 9.72. The van der Waals surface area contributed by atoms with E-state index >= 15 is 0 Å². The normalized spacial score (nSPS) is 14.3. The second kappa shape index (κ2) is 8.41. The number of aromatic amines is 1. The van der Waals surface area contributed by atoms with Gasteiger partial charge in [-0.3, -0.25) is 4.90 Å². The number of benzene rings is 2. The summed E-state index contributed by atoms with van der Waals surface area (Å²) in [6, 6.07) is 11.4. The molecule has 0 fully saturated rings. The largest absolute Gasteiger partial charge is 0.443 e. The van der Waals surface area contributed by atoms with Crippen molar-refractivity contribution < 1.29 is 19.0 Å². The zero-order valence-corrected chi connectivity index (χ0v) is 20.0. The van der Waals surface area contributed by atoms with E-state index < -0.39 is 28.7 Å². The van der Waals surface area contributed by atoms with E-state index in [0.717, 1.165) is 0 Å². The van der Waals surface area contributed by atoms with Gasteiger partial charge in [0.25, 0.3) is 0 Å². The highest BCUT2D eigenvalue weighted by Gasteiger charge is 2.53. The molecule has 172 valence electrons. The molecule has 0 spiro atoms. The molecule has 3 rings (SSSR count). The highest BCUT2D eigenvalue weighted by atomic mass is 35.5. The van der Waals surface area contributed by atoms with E-state index in [1.807, 2.05) is 6.92 Å². The molecule has 1 atom stereocenters. The van der Waals surface area contributed by atoms with Crippen LogP contribution in [0.4, 0.5) is 14.9 Å². The monoisotopic (exact) mass is 460 g/mol. The molecule has 0 aliphatic carbocycles. The van der Waals surface area contributed by atoms with Gasteiger partial charge in [-0.15, -0.1) is 0 Å². The Morgan fingerprint density at radius 1 is 1.12 bits per heavy atom. The van der Waals surface area contributed by atoms with Gasteiger partial charge in [0, 0.05) is 16.6 Å². The number of carbonyl (C=O) groups excluding carboxylic acids is 1. The molecule has 0 aliphatic heterocycles. The molecule has 2 N–H and O–H groups in total. The van der Waals surface area contributed by atoms with Crippen molar-refractivity contribution in [3.63, 3.8) is 0 Å². The molecule has 0 aliphatic rings. The van der Waals surface area contributed by atoms with E-state index in [4.69, 9.17) is 16.3 Å². The van der Waals surface area contributed by atoms with Crippen LogP contribution >= 0.6 is 11.6 Å². The number of rotatable bonds is 5. The number of nitrogens with zero attached hydrogens (tertiary/aromatic N) is 1. The van der Waals surface area contributed by atoms with Gasteiger partial charge in [0.1, 0.15) is 17.0 Å². The van der Waals surface area contributed by atoms with Crippen LogP contribution in [-0.2, 0) is 10.3 Å². The number of carbonyl (C=O) groups is 1. The smallest absolute Gasteiger partial charge is 0.415 e. The van der Waals surface area contributed by atoms with Crippen LogP contribution in [0.3, 0.4) is 0 Å². The van der Waals surface area contributed by atoms with Crippen molar-refractivity contribution >= 4 is 34.3 Å². The number of halogens is 2. The molecule has 3 aromatic rings. The van der Waals surface area contributed by atoms with Gasteiger partial charge in [0.05, 0.1) is 16.8 Å². The van der Waals surface area contributed by atoms with Crippen LogP contribution in [0.2, 0.25) is 5.02 Å². The number of aliphatic hydroxyl groups is 1. The van der Waals surface area contributed by atoms with Gasteiger partial charge in [-0.25, -0.2) is 9.18 Å². The molecule has 1 aromatic heterocycles. The van der Waals surface area contributed by atoms with Crippen LogP contribution in [0.5, 0.6) is 0 Å². The molecule has 1 amide bonds. The summed E-state index contributed by atoms with van der Waals surface area (Å²) >= 11 is 6.13. The van der Waals surface area contributed by atoms with Crippen LogP contribution in [-0.4, -0.2) is 27.4 Å². The Morgan fingerprint density at radius 3 is 2.28 bits per heavy atom. The SMILES string of the molecule is CCC(c1ccc(Cl)cc1)(N(C(=O)OC(C)(C)C)c1cc(F)cc2[nH]ccc12)C(C)(C)O. The first-order valence-electron chi connectivity index (χ1n) is 10.6. The minimum atomic E-state index is -1.44. The van der Waals surface area contributed by atoms with Crippen molar-refractivity contribution in [3.05, 3.63) is 65.1 Å². The molecule has 1 unspecified atom stereocenters. The number of H-pyrrole nitrogens is 1. The standard InChI is InChI=1S/C25H30ClFN2O3/c1-7-25(24(5,6)31,16-8-10-17(26)11-9-16)29(22(30)32-23(2,3)4)21-15-18(27)14-20-19(21)12-13-28-20/h8-15,28,31H,7H2,1-6H3. The van der Waals surface area contributed by atoms with Crippen LogP contribution < -0.4 is 4.90 Å². The fourth-order valence-electron chi connectivity index (χ4n) is 4.34. The summed E-state index contributed by atoms with van der Waals surface area (Å²) in [5.74, 6) is -0.514. The molecule has 0 radical (unpaired) electrons. The zero-order chi connectivity index (χ0) is 23.9. The Morgan fingerprint density at radius 2 is 1.75 bits per heavy atom. The van der Waals surface area contributed by atoms with Gasteiger partial charge in [0.15, 0.2) is 0 Å². The van der Waals surface area contributed by atoms with E-state index in [1.54, 1.807) is 71.1 Å². The summed E-state index contributed by atoms with van der Waals surface area (Å²) in [5.41, 5.74) is -2.06. The van der Waals surface area contributed by atoms with E-state index in [2.05, 4.69) is 4.98 Å². The summed E-state index contributed by atoms with van der Waals surface area (Å²) < 4.78 is 20.5. The Labute approximate surface area is 193 Å². The van der Waals surface area contributed by atoms with E-state index in [0.29, 0.717) is 33.6 Å². The highest BCUT2D eigenvalue weighted by Crippen LogP contribution is 2.47. The summed E-state index contributed by atoms with van der Waals surface area (Å²) in [7, 11) is 0. The summed E-state index contributed by atoms with van der Waals surface area (Å²) in [6.45, 7) is 10.4. The highest BCUT2D eigenvalue weighted by molar-refractivity contribution is 6.30. The predicted molar refractivity (Wildman–Crippen MR) is 127 cm³/mol. The first kappa shape index (κ1) is 24.1. The third-order valence-electron chi connectivity index (χ3n) is 5.66. The molecular formula is C25H30ClFN2O3. The molecule has 0 bridgehead atoms. The number of nitrogens with one attached hydrogen (secondary N) is 1. The number of anilines is 1. The molecule has 2 aromatic carbocycles. The Balaban J connectivity index is 2.41. The lowest BCUT2D eigenvalue weighted by Gasteiger charge is -2.51. The molecule has 0 saturated heterocycles. The van der Waals surface area contributed by atoms with Crippen molar-refractivity contribution in [1.82, 2.24) is 4.98 Å². The Bertz CT molecular complexity index is 1110. The van der Waals surface area contributed by atoms with Crippen LogP contribution in [0, 0.1) is 5.82 Å². The number of fused-ring (bicyclic) bond motifs is 1. The van der Waals surface area contributed by atoms with Crippen molar-refractivity contribution in [2.24, 2.45) is 0 Å². The third-order valence-corrected chi connectivity index (χ3v) is 5.91. The second-order valence-corrected chi connectivity index (χ2v) is 9.90. The van der Waals surface area contributed by atoms with E-state index in [-0.39, 0.29) is 0 Å². The predicted octanol–water partition coefficient (Wildman–Crippen LogP) is 6.78. The van der Waals surface area contributed by atoms with Crippen molar-refractivity contribution in [1.29, 1.82) is 0 Å². The lowest BCUT2D eigenvalue weighted by Crippen LogP contribution is -2.62. The number of hydrogen-bond acceptors (Lipinski definition) is 3. The maximum absolute atomic E-state index is 14.7. The quantitative estimate of drug-likeness (QED) is 0.441. The molecule has 5 nitrogen and oxygen atoms in total. The fourth-order valence-corrected chi connectivity index (χ4v) is 4.47. The van der Waals surface area contributed by atoms with Gasteiger partial charge >= 0.3 is 6.09 Å². The van der Waals surface area contributed by atoms with Gasteiger partial charge in [0.2, 0.25) is 0 Å². The maximum atomic E-state index is 14.7. The Kier molecular flexibility index (Phi) is 6.33. The maximum Gasteiger partial charge on any atom is 0.415 e. The minimum absolute atomic E-state index is 0.300. The molecule has 1 heterocycles. The molecule has 0 saturated carbocycles. The summed E-state index contributed by atoms with van der Waals surface area (Å²) in [5, 5.41) is 12.7. The van der Waals surface area contributed by atoms with Crippen LogP contribution in [0.15, 0.2) is 48.7 Å². The van der Waals surface area contributed by atoms with Gasteiger partial charge in [-0.2, -0.15) is 0 Å². The third kappa shape index (κ3) is 4.34. The van der Waals surface area contributed by atoms with Crippen molar-refractivity contribution in [3.8, 4) is 0 Å². The van der Waals surface area contributed by atoms with Gasteiger partial charge in [-0.05, 0) is 76.9 Å². The minimum Gasteiger partial charge on any atom is -0.443 e. The number of hydrogen-bond donors (Lipinski definition) is 2. The summed E-state index contributed by atoms with van der Waals surface area (Å²) in [4.78, 5) is 18.2. The topological polar surface area (TPSA) is 65.6 Å². The van der Waals surface area contributed by atoms with Crippen molar-refractivity contribution in [2.75, 3.05) is 4.90 Å². The van der Waals surface area contributed by atoms with Gasteiger partial charge in [-0.1, -0.05) is 30.7 Å². The number of amides is 1. The van der Waals surface area contributed by atoms with Gasteiger partial charge < -0.3 is 14.8 Å². The van der Waals surface area contributed by atoms with E-state index in [1.165, 1.54) is 17.0 Å². The average molecular weight is 461 g/mol. The number of aromatic nitrogens is 1. The van der Waals surface area contributed by atoms with E-state index in [9.17, 15) is 14.3 Å². The van der Waals surface area contributed by atoms with Crippen molar-refractivity contribution in [2.45, 2.75) is 64.7 Å². The lowest BCUT2D eigenvalue weighted by molar-refractivity contribution is -0.0189. The number of ether oxygens (including phenoxy) is 1. The second-order valence-electron chi connectivity index (χ2n) is 9.46. The molecular weight excluding hydrogens is 431 g/mol. The fraction of sp³-hybridized carbons (Fsp3) is 0.400. The Hall–Kier alpha value is -2.57. The first-order chi connectivity index (χ1) is 14.8. The molecule has 7 heteroatoms. The summed E-state index contributed by atoms with van der Waals surface area (Å²) in [6.07, 6.45) is 1.31.